The third-order valence-electron chi connectivity index (χ3n) is 3.60. The Morgan fingerprint density at radius 2 is 2.00 bits per heavy atom. The maximum atomic E-state index is 13.8. The van der Waals surface area contributed by atoms with Crippen molar-refractivity contribution < 1.29 is 22.7 Å². The summed E-state index contributed by atoms with van der Waals surface area (Å²) in [6, 6.07) is 11.9. The first-order valence-electron chi connectivity index (χ1n) is 7.76. The van der Waals surface area contributed by atoms with Gasteiger partial charge in [0.2, 0.25) is 0 Å². The number of halogens is 4. The maximum Gasteiger partial charge on any atom is 0.387 e. The highest BCUT2D eigenvalue weighted by Gasteiger charge is 2.14. The molecule has 27 heavy (non-hydrogen) atoms. The van der Waals surface area contributed by atoms with Gasteiger partial charge >= 0.3 is 6.61 Å². The molecule has 0 radical (unpaired) electrons. The van der Waals surface area contributed by atoms with Crippen LogP contribution in [0.4, 0.5) is 13.2 Å². The summed E-state index contributed by atoms with van der Waals surface area (Å²) in [5.41, 5.74) is 0.632. The Hall–Kier alpha value is -2.81. The van der Waals surface area contributed by atoms with Gasteiger partial charge in [-0.2, -0.15) is 13.9 Å². The minimum absolute atomic E-state index is 0.0367. The molecule has 1 N–H and O–H groups in total. The number of ether oxygens (including phenoxy) is 1. The number of carbonyl (C=O) groups is 1. The molecule has 0 bridgehead atoms. The fraction of sp³-hybridized carbons (Fsp3) is 0.111. The lowest BCUT2D eigenvalue weighted by atomic mass is 10.2. The lowest BCUT2D eigenvalue weighted by Crippen LogP contribution is -2.24. The van der Waals surface area contributed by atoms with Crippen molar-refractivity contribution in [2.24, 2.45) is 0 Å². The topological polar surface area (TPSA) is 56.1 Å². The number of alkyl halides is 2. The third-order valence-corrected chi connectivity index (χ3v) is 4.09. The van der Waals surface area contributed by atoms with Crippen LogP contribution in [0.2, 0.25) is 0 Å². The summed E-state index contributed by atoms with van der Waals surface area (Å²) in [5.74, 6) is -1.05. The number of rotatable bonds is 6. The first-order valence-corrected chi connectivity index (χ1v) is 8.55. The van der Waals surface area contributed by atoms with Crippen molar-refractivity contribution in [1.29, 1.82) is 0 Å². The molecule has 0 spiro atoms. The van der Waals surface area contributed by atoms with E-state index in [9.17, 15) is 18.0 Å². The predicted octanol–water partition coefficient (Wildman–Crippen LogP) is 4.31. The molecule has 0 saturated carbocycles. The second-order valence-corrected chi connectivity index (χ2v) is 6.33. The van der Waals surface area contributed by atoms with E-state index in [1.165, 1.54) is 35.1 Å². The first-order chi connectivity index (χ1) is 12.9. The lowest BCUT2D eigenvalue weighted by molar-refractivity contribution is -0.0504. The number of aromatic nitrogens is 2. The normalized spacial score (nSPS) is 10.9. The number of para-hydroxylation sites is 1. The highest BCUT2D eigenvalue weighted by molar-refractivity contribution is 9.10. The Bertz CT molecular complexity index is 963. The predicted molar refractivity (Wildman–Crippen MR) is 95.5 cm³/mol. The van der Waals surface area contributed by atoms with Crippen LogP contribution in [0, 0.1) is 5.82 Å². The molecule has 9 heteroatoms. The van der Waals surface area contributed by atoms with Crippen molar-refractivity contribution in [2.45, 2.75) is 13.2 Å². The molecule has 0 unspecified atom stereocenters. The summed E-state index contributed by atoms with van der Waals surface area (Å²) in [4.78, 5) is 12.3. The van der Waals surface area contributed by atoms with Crippen LogP contribution < -0.4 is 10.1 Å². The van der Waals surface area contributed by atoms with Gasteiger partial charge in [0.25, 0.3) is 5.91 Å². The number of hydrogen-bond acceptors (Lipinski definition) is 3. The van der Waals surface area contributed by atoms with E-state index >= 15 is 0 Å². The largest absolute Gasteiger partial charge is 0.434 e. The average Bonchev–Trinajstić information content (AvgIpc) is 3.11. The summed E-state index contributed by atoms with van der Waals surface area (Å²) in [6.45, 7) is -3.02. The van der Waals surface area contributed by atoms with Crippen LogP contribution in [-0.2, 0) is 6.54 Å². The van der Waals surface area contributed by atoms with Crippen molar-refractivity contribution in [3.63, 3.8) is 0 Å². The van der Waals surface area contributed by atoms with E-state index in [-0.39, 0.29) is 23.7 Å². The number of amides is 1. The second-order valence-electron chi connectivity index (χ2n) is 5.41. The highest BCUT2D eigenvalue weighted by atomic mass is 79.9. The fourth-order valence-corrected chi connectivity index (χ4v) is 2.79. The summed E-state index contributed by atoms with van der Waals surface area (Å²) < 4.78 is 45.1. The number of benzene rings is 2. The minimum atomic E-state index is -2.97. The number of carbonyl (C=O) groups excluding carboxylic acids is 1. The molecule has 3 aromatic rings. The van der Waals surface area contributed by atoms with Gasteiger partial charge in [0.1, 0.15) is 17.3 Å². The summed E-state index contributed by atoms with van der Waals surface area (Å²) in [5, 5.41) is 6.63. The van der Waals surface area contributed by atoms with Gasteiger partial charge in [-0.1, -0.05) is 28.1 Å². The Morgan fingerprint density at radius 3 is 2.74 bits per heavy atom. The lowest BCUT2D eigenvalue weighted by Gasteiger charge is -2.11. The fourth-order valence-electron chi connectivity index (χ4n) is 2.38. The Balaban J connectivity index is 1.72. The van der Waals surface area contributed by atoms with Gasteiger partial charge in [-0.05, 0) is 36.4 Å². The molecule has 140 valence electrons. The molecule has 1 amide bonds. The monoisotopic (exact) mass is 439 g/mol. The molecule has 5 nitrogen and oxygen atoms in total. The smallest absolute Gasteiger partial charge is 0.387 e. The van der Waals surface area contributed by atoms with Crippen molar-refractivity contribution in [2.75, 3.05) is 0 Å². The van der Waals surface area contributed by atoms with E-state index in [0.717, 1.165) is 0 Å². The van der Waals surface area contributed by atoms with Crippen LogP contribution in [0.1, 0.15) is 16.1 Å². The summed E-state index contributed by atoms with van der Waals surface area (Å²) >= 11 is 3.24. The Morgan fingerprint density at radius 1 is 1.22 bits per heavy atom. The average molecular weight is 440 g/mol. The molecule has 1 heterocycles. The van der Waals surface area contributed by atoms with E-state index < -0.39 is 18.3 Å². The summed E-state index contributed by atoms with van der Waals surface area (Å²) in [6.07, 6.45) is 1.46. The van der Waals surface area contributed by atoms with E-state index in [1.54, 1.807) is 24.3 Å². The van der Waals surface area contributed by atoms with Gasteiger partial charge in [0, 0.05) is 22.8 Å². The number of nitrogens with one attached hydrogen (secondary N) is 1. The molecule has 0 saturated heterocycles. The van der Waals surface area contributed by atoms with Gasteiger partial charge in [0.05, 0.1) is 0 Å². The van der Waals surface area contributed by atoms with Crippen LogP contribution in [0.25, 0.3) is 5.69 Å². The van der Waals surface area contributed by atoms with Gasteiger partial charge < -0.3 is 10.1 Å². The highest BCUT2D eigenvalue weighted by Crippen LogP contribution is 2.24. The SMILES string of the molecule is O=C(NCc1cc(Br)ccc1OC(F)F)c1ccn(-c2ccccc2F)n1. The molecule has 3 rings (SSSR count). The molecule has 0 aliphatic carbocycles. The van der Waals surface area contributed by atoms with Crippen LogP contribution in [0.3, 0.4) is 0 Å². The van der Waals surface area contributed by atoms with Crippen LogP contribution in [0.5, 0.6) is 5.75 Å². The van der Waals surface area contributed by atoms with E-state index in [0.29, 0.717) is 10.0 Å². The molecule has 1 aromatic heterocycles. The third kappa shape index (κ3) is 4.68. The number of nitrogens with zero attached hydrogens (tertiary/aromatic N) is 2. The van der Waals surface area contributed by atoms with E-state index in [4.69, 9.17) is 0 Å². The van der Waals surface area contributed by atoms with Crippen molar-refractivity contribution >= 4 is 21.8 Å². The van der Waals surface area contributed by atoms with Crippen LogP contribution in [0.15, 0.2) is 59.2 Å². The number of hydrogen-bond donors (Lipinski definition) is 1. The van der Waals surface area contributed by atoms with Crippen LogP contribution in [-0.4, -0.2) is 22.3 Å². The van der Waals surface area contributed by atoms with Gasteiger partial charge in [-0.3, -0.25) is 4.79 Å². The molecular formula is C18H13BrF3N3O2. The molecule has 0 atom stereocenters. The first kappa shape index (κ1) is 19.0. The zero-order chi connectivity index (χ0) is 19.4. The zero-order valence-corrected chi connectivity index (χ0v) is 15.3. The van der Waals surface area contributed by atoms with Crippen molar-refractivity contribution in [1.82, 2.24) is 15.1 Å². The molecular weight excluding hydrogens is 427 g/mol. The molecule has 2 aromatic carbocycles. The molecule has 0 aliphatic heterocycles. The second kappa shape index (κ2) is 8.26. The Kier molecular flexibility index (Phi) is 5.80. The Labute approximate surface area is 160 Å². The minimum Gasteiger partial charge on any atom is -0.434 e. The van der Waals surface area contributed by atoms with Gasteiger partial charge in [-0.25, -0.2) is 9.07 Å². The standard InChI is InChI=1S/C18H13BrF3N3O2/c19-12-5-6-16(27-18(21)22)11(9-12)10-23-17(26)14-7-8-25(24-14)15-4-2-1-3-13(15)20/h1-9,18H,10H2,(H,23,26). The van der Waals surface area contributed by atoms with Gasteiger partial charge in [-0.15, -0.1) is 0 Å². The zero-order valence-electron chi connectivity index (χ0n) is 13.7. The molecule has 0 aliphatic rings. The van der Waals surface area contributed by atoms with Crippen molar-refractivity contribution in [3.05, 3.63) is 76.3 Å². The summed E-state index contributed by atoms with van der Waals surface area (Å²) in [7, 11) is 0. The van der Waals surface area contributed by atoms with E-state index in [1.807, 2.05) is 0 Å². The molecule has 0 fully saturated rings. The van der Waals surface area contributed by atoms with Crippen molar-refractivity contribution in [3.8, 4) is 11.4 Å². The van der Waals surface area contributed by atoms with Crippen LogP contribution >= 0.6 is 15.9 Å². The maximum absolute atomic E-state index is 13.8. The van der Waals surface area contributed by atoms with E-state index in [2.05, 4.69) is 31.1 Å². The quantitative estimate of drug-likeness (QED) is 0.622. The van der Waals surface area contributed by atoms with Gasteiger partial charge in [0.15, 0.2) is 5.69 Å².